The topological polar surface area (TPSA) is 85.3 Å². The molecule has 0 radical (unpaired) electrons. The number of amides is 1. The van der Waals surface area contributed by atoms with E-state index in [4.69, 9.17) is 19.4 Å². The van der Waals surface area contributed by atoms with Gasteiger partial charge in [-0.15, -0.1) is 11.3 Å². The fourth-order valence-electron chi connectivity index (χ4n) is 10.2. The largest absolute Gasteiger partial charge is 0.444 e. The molecule has 4 heterocycles. The number of fused-ring (bicyclic) bond motifs is 2. The van der Waals surface area contributed by atoms with Crippen LogP contribution in [0, 0.1) is 5.41 Å². The van der Waals surface area contributed by atoms with Gasteiger partial charge in [0.1, 0.15) is 24.0 Å². The van der Waals surface area contributed by atoms with E-state index < -0.39 is 13.7 Å². The molecule has 3 aliphatic carbocycles. The predicted molar refractivity (Wildman–Crippen MR) is 235 cm³/mol. The minimum atomic E-state index is -1.17. The number of likely N-dealkylation sites (tertiary alicyclic amines) is 1. The number of thiophene rings is 1. The first kappa shape index (κ1) is 38.8. The van der Waals surface area contributed by atoms with Crippen LogP contribution in [0.4, 0.5) is 4.79 Å². The van der Waals surface area contributed by atoms with Gasteiger partial charge in [0, 0.05) is 32.0 Å². The first-order valence-electron chi connectivity index (χ1n) is 21.7. The Bertz CT molecular complexity index is 2260. The number of nitrogens with one attached hydrogen (secondary N) is 1. The lowest BCUT2D eigenvalue weighted by atomic mass is 9.83. The highest BCUT2D eigenvalue weighted by Crippen LogP contribution is 2.54. The monoisotopic (exact) mass is 803 g/mol. The van der Waals surface area contributed by atoms with Gasteiger partial charge in [-0.3, -0.25) is 4.90 Å². The summed E-state index contributed by atoms with van der Waals surface area (Å²) in [5.74, 6) is 2.59. The molecule has 3 fully saturated rings. The molecule has 1 atom stereocenters. The maximum Gasteiger partial charge on any atom is 0.410 e. The van der Waals surface area contributed by atoms with Gasteiger partial charge in [-0.2, -0.15) is 0 Å². The third-order valence-corrected chi connectivity index (χ3v) is 16.0. The van der Waals surface area contributed by atoms with Crippen LogP contribution in [-0.4, -0.2) is 57.3 Å². The van der Waals surface area contributed by atoms with Crippen LogP contribution < -0.4 is 0 Å². The maximum atomic E-state index is 13.1. The molecule has 8 nitrogen and oxygen atoms in total. The van der Waals surface area contributed by atoms with Crippen molar-refractivity contribution in [2.45, 2.75) is 148 Å². The Labute approximate surface area is 343 Å². The van der Waals surface area contributed by atoms with Crippen molar-refractivity contribution in [3.63, 3.8) is 0 Å². The molecule has 3 aromatic heterocycles. The van der Waals surface area contributed by atoms with E-state index in [2.05, 4.69) is 77.9 Å². The van der Waals surface area contributed by atoms with Gasteiger partial charge >= 0.3 is 6.09 Å². The van der Waals surface area contributed by atoms with E-state index in [0.717, 1.165) is 49.1 Å². The third kappa shape index (κ3) is 7.90. The van der Waals surface area contributed by atoms with E-state index in [0.29, 0.717) is 24.6 Å². The number of carbonyl (C=O) groups excluding carboxylic acids is 1. The molecule has 5 aromatic rings. The summed E-state index contributed by atoms with van der Waals surface area (Å²) in [6.07, 6.45) is 16.3. The van der Waals surface area contributed by atoms with Crippen LogP contribution in [0.25, 0.3) is 43.2 Å². The molecule has 0 bridgehead atoms. The van der Waals surface area contributed by atoms with Gasteiger partial charge in [-0.05, 0) is 136 Å². The van der Waals surface area contributed by atoms with Crippen molar-refractivity contribution in [2.75, 3.05) is 13.2 Å². The molecule has 9 rings (SSSR count). The molecule has 302 valence electrons. The van der Waals surface area contributed by atoms with E-state index in [1.807, 2.05) is 37.0 Å². The van der Waals surface area contributed by atoms with Crippen LogP contribution in [-0.2, 0) is 29.0 Å². The molecule has 1 spiro atoms. The summed E-state index contributed by atoms with van der Waals surface area (Å²) in [5, 5.41) is 0. The predicted octanol–water partition coefficient (Wildman–Crippen LogP) is 12.5. The summed E-state index contributed by atoms with van der Waals surface area (Å²) in [7, 11) is -1.17. The highest BCUT2D eigenvalue weighted by Gasteiger charge is 2.42. The standard InChI is InChI=1S/C47H61N5O3SSi/c1-46(2,3)55-45(53)51-23-11-14-39(51)43-49-37-18-15-32(26-38(37)50-43)33-16-17-34(36-28-47(27-35(33)36)21-9-10-22-47)41-19-20-42(56-41)40-29-48-44(31-12-7-8-13-31)52(40)30-54-24-25-57(4,5)6/h15-20,26,29,31,39H,7-14,21-25,27-28,30H2,1-6H3,(H,49,50)/t39-/m0/s1. The SMILES string of the molecule is CC(C)(C)OC(=O)N1CCC[C@H]1c1nc2ccc(-c3ccc(-c4ccc(-c5cnc(C6CCCC6)n5COCC[Si](C)(C)C)s4)c4c3CC3(CCCC3)C4)cc2[nH]1. The second kappa shape index (κ2) is 15.1. The zero-order valence-corrected chi connectivity index (χ0v) is 36.8. The maximum absolute atomic E-state index is 13.1. The summed E-state index contributed by atoms with van der Waals surface area (Å²) in [5.41, 5.74) is 10.0. The van der Waals surface area contributed by atoms with Crippen LogP contribution in [0.1, 0.15) is 120 Å². The van der Waals surface area contributed by atoms with Crippen molar-refractivity contribution in [1.82, 2.24) is 24.4 Å². The van der Waals surface area contributed by atoms with Crippen LogP contribution in [0.2, 0.25) is 25.7 Å². The van der Waals surface area contributed by atoms with Gasteiger partial charge in [0.15, 0.2) is 0 Å². The molecule has 1 N–H and O–H groups in total. The van der Waals surface area contributed by atoms with Gasteiger partial charge < -0.3 is 19.0 Å². The smallest absolute Gasteiger partial charge is 0.410 e. The Morgan fingerprint density at radius 2 is 1.67 bits per heavy atom. The fourth-order valence-corrected chi connectivity index (χ4v) is 12.1. The van der Waals surface area contributed by atoms with Crippen molar-refractivity contribution in [2.24, 2.45) is 5.41 Å². The highest BCUT2D eigenvalue weighted by molar-refractivity contribution is 7.18. The molecular formula is C47H61N5O3SSi. The van der Waals surface area contributed by atoms with Crippen molar-refractivity contribution in [3.05, 3.63) is 71.4 Å². The van der Waals surface area contributed by atoms with E-state index in [-0.39, 0.29) is 12.1 Å². The number of hydrogen-bond donors (Lipinski definition) is 1. The first-order chi connectivity index (χ1) is 27.3. The van der Waals surface area contributed by atoms with Gasteiger partial charge in [-0.25, -0.2) is 14.8 Å². The molecule has 1 aliphatic heterocycles. The number of rotatable bonds is 10. The van der Waals surface area contributed by atoms with Gasteiger partial charge in [0.05, 0.1) is 33.8 Å². The van der Waals surface area contributed by atoms with Crippen molar-refractivity contribution < 1.29 is 14.3 Å². The molecule has 4 aliphatic rings. The van der Waals surface area contributed by atoms with Gasteiger partial charge in [-0.1, -0.05) is 63.5 Å². The van der Waals surface area contributed by atoms with Crippen LogP contribution in [0.3, 0.4) is 0 Å². The van der Waals surface area contributed by atoms with Gasteiger partial charge in [0.2, 0.25) is 0 Å². The van der Waals surface area contributed by atoms with E-state index in [1.54, 1.807) is 5.56 Å². The quantitative estimate of drug-likeness (QED) is 0.112. The fraction of sp³-hybridized carbons (Fsp3) is 0.553. The number of nitrogens with zero attached hydrogens (tertiary/aromatic N) is 4. The number of hydrogen-bond acceptors (Lipinski definition) is 6. The third-order valence-electron chi connectivity index (χ3n) is 13.2. The molecule has 0 unspecified atom stereocenters. The Kier molecular flexibility index (Phi) is 10.3. The van der Waals surface area contributed by atoms with Crippen molar-refractivity contribution in [3.8, 4) is 32.1 Å². The lowest BCUT2D eigenvalue weighted by Crippen LogP contribution is -2.36. The summed E-state index contributed by atoms with van der Waals surface area (Å²) in [6.45, 7) is 15.1. The average Bonchev–Trinajstić information content (AvgIpc) is 4.01. The normalized spacial score (nSPS) is 19.8. The molecular weight excluding hydrogens is 743 g/mol. The second-order valence-electron chi connectivity index (χ2n) is 19.8. The Hall–Kier alpha value is -3.73. The lowest BCUT2D eigenvalue weighted by Gasteiger charge is -2.27. The number of ether oxygens (including phenoxy) is 2. The van der Waals surface area contributed by atoms with Gasteiger partial charge in [0.25, 0.3) is 0 Å². The average molecular weight is 804 g/mol. The molecule has 2 aromatic carbocycles. The zero-order valence-electron chi connectivity index (χ0n) is 35.0. The zero-order chi connectivity index (χ0) is 39.5. The lowest BCUT2D eigenvalue weighted by molar-refractivity contribution is 0.0219. The van der Waals surface area contributed by atoms with E-state index in [9.17, 15) is 4.79 Å². The number of carbonyl (C=O) groups is 1. The summed E-state index contributed by atoms with van der Waals surface area (Å²) >= 11 is 1.91. The second-order valence-corrected chi connectivity index (χ2v) is 26.5. The van der Waals surface area contributed by atoms with E-state index in [1.165, 1.54) is 101 Å². The Balaban J connectivity index is 1.03. The number of H-pyrrole nitrogens is 1. The van der Waals surface area contributed by atoms with Crippen molar-refractivity contribution in [1.29, 1.82) is 0 Å². The molecule has 10 heteroatoms. The molecule has 2 saturated carbocycles. The summed E-state index contributed by atoms with van der Waals surface area (Å²) in [6, 6.07) is 17.2. The van der Waals surface area contributed by atoms with Crippen molar-refractivity contribution >= 4 is 36.5 Å². The van der Waals surface area contributed by atoms with Crippen LogP contribution >= 0.6 is 11.3 Å². The molecule has 1 amide bonds. The number of aromatic nitrogens is 4. The molecule has 1 saturated heterocycles. The number of benzene rings is 2. The first-order valence-corrected chi connectivity index (χ1v) is 26.2. The summed E-state index contributed by atoms with van der Waals surface area (Å²) in [4.78, 5) is 31.3. The highest BCUT2D eigenvalue weighted by atomic mass is 32.1. The Morgan fingerprint density at radius 3 is 2.42 bits per heavy atom. The Morgan fingerprint density at radius 1 is 0.930 bits per heavy atom. The minimum Gasteiger partial charge on any atom is -0.444 e. The number of imidazole rings is 2. The molecule has 57 heavy (non-hydrogen) atoms. The van der Waals surface area contributed by atoms with Crippen LogP contribution in [0.5, 0.6) is 0 Å². The minimum absolute atomic E-state index is 0.104. The van der Waals surface area contributed by atoms with E-state index >= 15 is 0 Å². The number of aromatic amines is 1. The van der Waals surface area contributed by atoms with Crippen LogP contribution in [0.15, 0.2) is 48.7 Å². The summed E-state index contributed by atoms with van der Waals surface area (Å²) < 4.78 is 14.6.